The van der Waals surface area contributed by atoms with E-state index in [0.717, 1.165) is 0 Å². The highest BCUT2D eigenvalue weighted by molar-refractivity contribution is 7.93. The van der Waals surface area contributed by atoms with E-state index >= 15 is 0 Å². The number of nitrogen functional groups attached to an aromatic ring is 1. The monoisotopic (exact) mass is 499 g/mol. The van der Waals surface area contributed by atoms with Crippen molar-refractivity contribution in [2.75, 3.05) is 5.73 Å². The van der Waals surface area contributed by atoms with Crippen molar-refractivity contribution in [3.63, 3.8) is 0 Å². The predicted octanol–water partition coefficient (Wildman–Crippen LogP) is 4.18. The highest BCUT2D eigenvalue weighted by atomic mass is 31.2. The molecule has 3 aromatic rings. The van der Waals surface area contributed by atoms with Gasteiger partial charge < -0.3 is 10.3 Å². The van der Waals surface area contributed by atoms with Crippen molar-refractivity contribution in [2.45, 2.75) is 26.7 Å². The Labute approximate surface area is 209 Å². The summed E-state index contributed by atoms with van der Waals surface area (Å²) in [7, 11) is -3.83. The van der Waals surface area contributed by atoms with E-state index in [9.17, 15) is 23.7 Å². The van der Waals surface area contributed by atoms with Crippen LogP contribution in [0.2, 0.25) is 0 Å². The van der Waals surface area contributed by atoms with Crippen LogP contribution in [0.1, 0.15) is 47.4 Å². The number of hydrogen-bond donors (Lipinski definition) is 1. The number of carbonyl (C=O) groups excluding carboxylic acids is 4. The highest BCUT2D eigenvalue weighted by Crippen LogP contribution is 2.63. The topological polar surface area (TPSA) is 111 Å². The zero-order valence-corrected chi connectivity index (χ0v) is 21.0. The Morgan fingerprint density at radius 3 is 2.03 bits per heavy atom. The molecule has 0 aromatic heterocycles. The maximum atomic E-state index is 14.5. The molecule has 2 aliphatic rings. The van der Waals surface area contributed by atoms with E-state index in [2.05, 4.69) is 0 Å². The molecule has 36 heavy (non-hydrogen) atoms. The van der Waals surface area contributed by atoms with Gasteiger partial charge in [-0.25, -0.2) is 0 Å². The van der Waals surface area contributed by atoms with Gasteiger partial charge >= 0.3 is 0 Å². The molecule has 3 unspecified atom stereocenters. The number of Topliss-reactive ketones (excluding diaryl/α,β-unsaturated/α-hetero) is 3. The summed E-state index contributed by atoms with van der Waals surface area (Å²) >= 11 is 0. The number of rotatable bonds is 6. The van der Waals surface area contributed by atoms with Gasteiger partial charge in [0, 0.05) is 33.3 Å². The van der Waals surface area contributed by atoms with Crippen LogP contribution in [0.4, 0.5) is 5.69 Å². The van der Waals surface area contributed by atoms with Crippen LogP contribution in [0.25, 0.3) is 0 Å². The summed E-state index contributed by atoms with van der Waals surface area (Å²) in [6.07, 6.45) is 0.851. The van der Waals surface area contributed by atoms with Crippen molar-refractivity contribution in [3.05, 3.63) is 90.0 Å². The third-order valence-electron chi connectivity index (χ3n) is 8.17. The van der Waals surface area contributed by atoms with Crippen molar-refractivity contribution in [2.24, 2.45) is 16.7 Å². The molecule has 3 atom stereocenters. The minimum Gasteiger partial charge on any atom is -0.398 e. The van der Waals surface area contributed by atoms with Crippen LogP contribution in [-0.2, 0) is 14.2 Å². The van der Waals surface area contributed by atoms with Gasteiger partial charge in [0.2, 0.25) is 24.2 Å². The molecule has 2 saturated carbocycles. The first-order chi connectivity index (χ1) is 17.1. The molecule has 5 rings (SSSR count). The molecule has 0 aliphatic heterocycles. The van der Waals surface area contributed by atoms with Crippen molar-refractivity contribution in [3.8, 4) is 0 Å². The number of carbonyl (C=O) groups is 4. The number of fused-ring (bicyclic) bond motifs is 2. The molecule has 0 amide bonds. The predicted molar refractivity (Wildman–Crippen MR) is 138 cm³/mol. The Bertz CT molecular complexity index is 1480. The Morgan fingerprint density at radius 2 is 1.44 bits per heavy atom. The molecule has 6 nitrogen and oxygen atoms in total. The molecule has 2 aliphatic carbocycles. The summed E-state index contributed by atoms with van der Waals surface area (Å²) in [4.78, 5) is 52.8. The third-order valence-corrected chi connectivity index (χ3v) is 11.1. The summed E-state index contributed by atoms with van der Waals surface area (Å²) in [6.45, 7) is 3.62. The van der Waals surface area contributed by atoms with Crippen molar-refractivity contribution in [1.29, 1.82) is 0 Å². The average molecular weight is 500 g/mol. The van der Waals surface area contributed by atoms with Crippen LogP contribution in [-0.4, -0.2) is 22.9 Å². The highest BCUT2D eigenvalue weighted by Gasteiger charge is 2.72. The maximum absolute atomic E-state index is 14.5. The molecule has 3 aromatic carbocycles. The minimum absolute atomic E-state index is 0.164. The molecule has 0 heterocycles. The number of nitrogens with two attached hydrogens (primary N) is 1. The van der Waals surface area contributed by atoms with Crippen LogP contribution >= 0.6 is 7.14 Å². The lowest BCUT2D eigenvalue weighted by atomic mass is 9.65. The smallest absolute Gasteiger partial charge is 0.230 e. The van der Waals surface area contributed by atoms with E-state index < -0.39 is 46.8 Å². The second-order valence-electron chi connectivity index (χ2n) is 10.1. The van der Waals surface area contributed by atoms with E-state index in [-0.39, 0.29) is 22.1 Å². The molecule has 0 radical (unpaired) electrons. The number of ketones is 3. The zero-order chi connectivity index (χ0) is 25.9. The van der Waals surface area contributed by atoms with Gasteiger partial charge in [0.1, 0.15) is 5.41 Å². The van der Waals surface area contributed by atoms with Gasteiger partial charge in [-0.3, -0.25) is 19.2 Å². The first-order valence-electron chi connectivity index (χ1n) is 11.9. The maximum Gasteiger partial charge on any atom is 0.230 e. The SMILES string of the molecule is CC1(C)C2CCC1(C(=O)c1ccc(C(=O)P(=O)(c3ccccc3)c3ccccc3N)cc1)C(=O)C2=O. The van der Waals surface area contributed by atoms with Crippen LogP contribution in [0.5, 0.6) is 0 Å². The summed E-state index contributed by atoms with van der Waals surface area (Å²) in [5.74, 6) is -1.91. The molecule has 2 bridgehead atoms. The van der Waals surface area contributed by atoms with Crippen LogP contribution in [0.15, 0.2) is 78.9 Å². The molecular formula is C29H26NO5P. The van der Waals surface area contributed by atoms with E-state index in [1.165, 1.54) is 24.3 Å². The lowest BCUT2D eigenvalue weighted by Gasteiger charge is -2.34. The van der Waals surface area contributed by atoms with Gasteiger partial charge in [-0.15, -0.1) is 0 Å². The second kappa shape index (κ2) is 8.21. The fourth-order valence-electron chi connectivity index (χ4n) is 6.05. The van der Waals surface area contributed by atoms with E-state index in [1.54, 1.807) is 54.6 Å². The lowest BCUT2D eigenvalue weighted by molar-refractivity contribution is -0.140. The Balaban J connectivity index is 1.55. The fourth-order valence-corrected chi connectivity index (χ4v) is 8.62. The zero-order valence-electron chi connectivity index (χ0n) is 20.1. The van der Waals surface area contributed by atoms with Crippen molar-refractivity contribution < 1.29 is 23.7 Å². The Hall–Kier alpha value is -3.63. The Kier molecular flexibility index (Phi) is 5.49. The van der Waals surface area contributed by atoms with Gasteiger partial charge in [0.15, 0.2) is 5.78 Å². The number of hydrogen-bond acceptors (Lipinski definition) is 6. The first kappa shape index (κ1) is 24.1. The summed E-state index contributed by atoms with van der Waals surface area (Å²) < 4.78 is 14.5. The number of benzene rings is 3. The molecule has 2 fully saturated rings. The van der Waals surface area contributed by atoms with Gasteiger partial charge in [-0.2, -0.15) is 0 Å². The number of para-hydroxylation sites is 1. The van der Waals surface area contributed by atoms with Crippen LogP contribution < -0.4 is 16.3 Å². The summed E-state index contributed by atoms with van der Waals surface area (Å²) in [5, 5.41) is 0.620. The molecule has 2 N–H and O–H groups in total. The van der Waals surface area contributed by atoms with Crippen molar-refractivity contribution in [1.82, 2.24) is 0 Å². The second-order valence-corrected chi connectivity index (χ2v) is 12.7. The standard InChI is InChI=1S/C29H26NO5P/c1-28(2)21-16-17-29(28,26(33)24(21)31)25(32)18-12-14-19(15-13-18)27(34)36(35,20-8-4-3-5-9-20)23-11-7-6-10-22(23)30/h3-15,21H,16-17,30H2,1-2H3. The van der Waals surface area contributed by atoms with E-state index in [0.29, 0.717) is 18.1 Å². The molecule has 7 heteroatoms. The Morgan fingerprint density at radius 1 is 0.861 bits per heavy atom. The van der Waals surface area contributed by atoms with E-state index in [1.807, 2.05) is 13.8 Å². The largest absolute Gasteiger partial charge is 0.398 e. The minimum atomic E-state index is -3.83. The fraction of sp³-hybridized carbons (Fsp3) is 0.241. The average Bonchev–Trinajstić information content (AvgIpc) is 3.24. The van der Waals surface area contributed by atoms with Gasteiger partial charge in [0.25, 0.3) is 0 Å². The van der Waals surface area contributed by atoms with E-state index in [4.69, 9.17) is 5.73 Å². The van der Waals surface area contributed by atoms with Crippen LogP contribution in [0, 0.1) is 16.7 Å². The normalized spacial score (nSPS) is 23.9. The number of anilines is 1. The third kappa shape index (κ3) is 3.07. The summed E-state index contributed by atoms with van der Waals surface area (Å²) in [6, 6.07) is 21.0. The van der Waals surface area contributed by atoms with Crippen molar-refractivity contribution >= 4 is 46.3 Å². The first-order valence-corrected chi connectivity index (χ1v) is 13.6. The molecule has 0 saturated heterocycles. The molecule has 0 spiro atoms. The molecular weight excluding hydrogens is 473 g/mol. The lowest BCUT2D eigenvalue weighted by Crippen LogP contribution is -2.44. The van der Waals surface area contributed by atoms with Crippen LogP contribution in [0.3, 0.4) is 0 Å². The van der Waals surface area contributed by atoms with Gasteiger partial charge in [0.05, 0.1) is 0 Å². The van der Waals surface area contributed by atoms with Gasteiger partial charge in [-0.05, 0) is 30.4 Å². The quantitative estimate of drug-likeness (QED) is 0.179. The van der Waals surface area contributed by atoms with Gasteiger partial charge in [-0.1, -0.05) is 80.6 Å². The summed E-state index contributed by atoms with van der Waals surface area (Å²) in [5.41, 5.74) is 4.08. The molecule has 182 valence electrons.